The molecule has 2 rings (SSSR count). The average Bonchev–Trinajstić information content (AvgIpc) is 3.14. The van der Waals surface area contributed by atoms with Crippen LogP contribution >= 0.6 is 7.82 Å². The summed E-state index contributed by atoms with van der Waals surface area (Å²) in [5.41, 5.74) is 0.400. The molecule has 1 aromatic carbocycles. The number of hydrogen-bond donors (Lipinski definition) is 2. The van der Waals surface area contributed by atoms with Crippen molar-refractivity contribution in [2.75, 3.05) is 13.2 Å². The highest BCUT2D eigenvalue weighted by molar-refractivity contribution is 7.46. The number of hydrogen-bond acceptors (Lipinski definition) is 5. The predicted molar refractivity (Wildman–Crippen MR) is 149 cm³/mol. The molecule has 0 aromatic heterocycles. The van der Waals surface area contributed by atoms with E-state index in [1.807, 2.05) is 0 Å². The Labute approximate surface area is 228 Å². The van der Waals surface area contributed by atoms with E-state index in [2.05, 4.69) is 6.92 Å². The monoisotopic (exact) mass is 553 g/mol. The van der Waals surface area contributed by atoms with Gasteiger partial charge in [-0.3, -0.25) is 14.1 Å². The number of carbonyl (C=O) groups is 2. The van der Waals surface area contributed by atoms with Crippen molar-refractivity contribution in [2.24, 2.45) is 0 Å². The van der Waals surface area contributed by atoms with Crippen LogP contribution in [-0.4, -0.2) is 45.9 Å². The summed E-state index contributed by atoms with van der Waals surface area (Å²) in [7, 11) is -4.92. The molecule has 1 heterocycles. The van der Waals surface area contributed by atoms with Gasteiger partial charge < -0.3 is 14.5 Å². The molecule has 0 bridgehead atoms. The van der Waals surface area contributed by atoms with Crippen molar-refractivity contribution in [1.82, 2.24) is 4.90 Å². The van der Waals surface area contributed by atoms with Crippen LogP contribution in [-0.2, 0) is 13.8 Å². The summed E-state index contributed by atoms with van der Waals surface area (Å²) in [6.45, 7) is 2.90. The third-order valence-electron chi connectivity index (χ3n) is 7.02. The Morgan fingerprint density at radius 2 is 1.13 bits per heavy atom. The number of amides is 2. The number of ether oxygens (including phenoxy) is 1. The number of phosphoric acid groups is 1. The minimum absolute atomic E-state index is 0.0184. The Morgan fingerprint density at radius 1 is 0.711 bits per heavy atom. The molecule has 1 atom stereocenters. The average molecular weight is 554 g/mol. The summed E-state index contributed by atoms with van der Waals surface area (Å²) in [5, 5.41) is 0. The Hall–Kier alpha value is -1.57. The summed E-state index contributed by atoms with van der Waals surface area (Å²) in [5.74, 6) is -1.25. The molecule has 1 aliphatic heterocycles. The topological polar surface area (TPSA) is 113 Å². The lowest BCUT2D eigenvalue weighted by Gasteiger charge is -2.26. The maximum absolute atomic E-state index is 12.7. The smallest absolute Gasteiger partial charge is 0.381 e. The highest BCUT2D eigenvalue weighted by atomic mass is 31.2. The molecule has 0 fully saturated rings. The lowest BCUT2D eigenvalue weighted by molar-refractivity contribution is -0.00336. The minimum Gasteiger partial charge on any atom is -0.381 e. The summed E-state index contributed by atoms with van der Waals surface area (Å²) in [4.78, 5) is 44.7. The zero-order valence-corrected chi connectivity index (χ0v) is 24.0. The zero-order chi connectivity index (χ0) is 27.6. The molecule has 216 valence electrons. The van der Waals surface area contributed by atoms with Crippen LogP contribution in [0.5, 0.6) is 0 Å². The fourth-order valence-corrected chi connectivity index (χ4v) is 5.41. The van der Waals surface area contributed by atoms with Gasteiger partial charge >= 0.3 is 7.82 Å². The van der Waals surface area contributed by atoms with Gasteiger partial charge in [-0.05, 0) is 18.6 Å². The predicted octanol–water partition coefficient (Wildman–Crippen LogP) is 7.39. The maximum atomic E-state index is 12.7. The molecule has 1 aliphatic rings. The van der Waals surface area contributed by atoms with E-state index in [9.17, 15) is 23.9 Å². The van der Waals surface area contributed by atoms with Crippen LogP contribution in [0.4, 0.5) is 0 Å². The van der Waals surface area contributed by atoms with Crippen LogP contribution in [0.2, 0.25) is 0 Å². The van der Waals surface area contributed by atoms with Crippen molar-refractivity contribution in [3.05, 3.63) is 35.4 Å². The van der Waals surface area contributed by atoms with Gasteiger partial charge in [-0.2, -0.15) is 0 Å². The molecule has 38 heavy (non-hydrogen) atoms. The van der Waals surface area contributed by atoms with E-state index in [4.69, 9.17) is 9.26 Å². The van der Waals surface area contributed by atoms with Crippen LogP contribution in [0, 0.1) is 0 Å². The number of rotatable bonds is 23. The first-order valence-corrected chi connectivity index (χ1v) is 16.2. The number of carbonyl (C=O) groups excluding carboxylic acids is 2. The van der Waals surface area contributed by atoms with Crippen molar-refractivity contribution in [3.8, 4) is 0 Å². The van der Waals surface area contributed by atoms with Gasteiger partial charge in [-0.15, -0.1) is 0 Å². The lowest BCUT2D eigenvalue weighted by Crippen LogP contribution is -2.41. The van der Waals surface area contributed by atoms with Gasteiger partial charge in [0.2, 0.25) is 0 Å². The third-order valence-corrected chi connectivity index (χ3v) is 7.54. The van der Waals surface area contributed by atoms with Crippen LogP contribution in [0.15, 0.2) is 24.3 Å². The standard InChI is InChI=1S/C29H48NO7P/c1-2-3-4-5-6-7-8-9-10-11-12-13-14-15-16-19-23-36-24-22-27(37-38(33,34)35)30-28(31)25-20-17-18-21-26(25)29(30)32/h17-18,20-21,27H,2-16,19,22-24H2,1H3,(H2,33,34,35). The van der Waals surface area contributed by atoms with E-state index in [1.165, 1.54) is 102 Å². The van der Waals surface area contributed by atoms with Crippen LogP contribution < -0.4 is 0 Å². The van der Waals surface area contributed by atoms with Crippen LogP contribution in [0.25, 0.3) is 0 Å². The molecular weight excluding hydrogens is 505 g/mol. The van der Waals surface area contributed by atoms with Gasteiger partial charge in [0.05, 0.1) is 17.7 Å². The molecule has 0 aliphatic carbocycles. The zero-order valence-electron chi connectivity index (χ0n) is 23.2. The largest absolute Gasteiger partial charge is 0.471 e. The Bertz CT molecular complexity index is 837. The number of nitrogens with zero attached hydrogens (tertiary/aromatic N) is 1. The summed E-state index contributed by atoms with van der Waals surface area (Å²) in [6.07, 6.45) is 19.3. The van der Waals surface area contributed by atoms with Gasteiger partial charge in [0, 0.05) is 13.0 Å². The number of phosphoric ester groups is 1. The second-order valence-electron chi connectivity index (χ2n) is 10.3. The second-order valence-corrected chi connectivity index (χ2v) is 11.5. The summed E-state index contributed by atoms with van der Waals surface area (Å²) in [6, 6.07) is 6.29. The fraction of sp³-hybridized carbons (Fsp3) is 0.724. The number of imide groups is 1. The molecule has 1 aromatic rings. The molecule has 0 saturated heterocycles. The van der Waals surface area contributed by atoms with Gasteiger partial charge in [-0.1, -0.05) is 115 Å². The van der Waals surface area contributed by atoms with Crippen molar-refractivity contribution in [1.29, 1.82) is 0 Å². The van der Waals surface area contributed by atoms with Crippen molar-refractivity contribution in [3.63, 3.8) is 0 Å². The summed E-state index contributed by atoms with van der Waals surface area (Å²) >= 11 is 0. The second kappa shape index (κ2) is 18.7. The first kappa shape index (κ1) is 32.6. The fourth-order valence-electron chi connectivity index (χ4n) is 4.90. The first-order valence-electron chi connectivity index (χ1n) is 14.6. The molecule has 0 radical (unpaired) electrons. The quantitative estimate of drug-likeness (QED) is 0.0825. The van der Waals surface area contributed by atoms with E-state index in [1.54, 1.807) is 12.1 Å². The van der Waals surface area contributed by atoms with Crippen molar-refractivity contribution in [2.45, 2.75) is 122 Å². The molecule has 0 spiro atoms. The Balaban J connectivity index is 1.50. The van der Waals surface area contributed by atoms with Gasteiger partial charge in [0.15, 0.2) is 6.23 Å². The third kappa shape index (κ3) is 12.5. The van der Waals surface area contributed by atoms with E-state index >= 15 is 0 Å². The molecule has 9 heteroatoms. The van der Waals surface area contributed by atoms with Gasteiger partial charge in [0.1, 0.15) is 0 Å². The Kier molecular flexibility index (Phi) is 16.0. The van der Waals surface area contributed by atoms with Crippen LogP contribution in [0.3, 0.4) is 0 Å². The molecule has 2 N–H and O–H groups in total. The van der Waals surface area contributed by atoms with Crippen LogP contribution in [0.1, 0.15) is 137 Å². The van der Waals surface area contributed by atoms with Crippen molar-refractivity contribution >= 4 is 19.6 Å². The van der Waals surface area contributed by atoms with Crippen molar-refractivity contribution < 1.29 is 33.2 Å². The number of fused-ring (bicyclic) bond motifs is 1. The van der Waals surface area contributed by atoms with E-state index < -0.39 is 25.9 Å². The van der Waals surface area contributed by atoms with Gasteiger partial charge in [-0.25, -0.2) is 9.46 Å². The maximum Gasteiger partial charge on any atom is 0.471 e. The Morgan fingerprint density at radius 3 is 1.55 bits per heavy atom. The minimum atomic E-state index is -4.92. The van der Waals surface area contributed by atoms with E-state index in [0.29, 0.717) is 6.61 Å². The number of benzene rings is 1. The molecule has 1 unspecified atom stereocenters. The van der Waals surface area contributed by atoms with E-state index in [-0.39, 0.29) is 24.2 Å². The highest BCUT2D eigenvalue weighted by Crippen LogP contribution is 2.40. The first-order chi connectivity index (χ1) is 18.3. The molecule has 2 amide bonds. The number of unbranched alkanes of at least 4 members (excludes halogenated alkanes) is 15. The molecule has 0 saturated carbocycles. The molecule has 8 nitrogen and oxygen atoms in total. The van der Waals surface area contributed by atoms with Gasteiger partial charge in [0.25, 0.3) is 11.8 Å². The summed E-state index contributed by atoms with van der Waals surface area (Å²) < 4.78 is 21.9. The molecular formula is C29H48NO7P. The van der Waals surface area contributed by atoms with E-state index in [0.717, 1.165) is 17.7 Å². The normalized spacial score (nSPS) is 14.3. The highest BCUT2D eigenvalue weighted by Gasteiger charge is 2.42. The SMILES string of the molecule is CCCCCCCCCCCCCCCCCCOCCC(OP(=O)(O)O)N1C(=O)c2ccccc2C1=O. The lowest BCUT2D eigenvalue weighted by atomic mass is 10.0.